The van der Waals surface area contributed by atoms with Gasteiger partial charge in [-0.1, -0.05) is 45.9 Å². The summed E-state index contributed by atoms with van der Waals surface area (Å²) in [6.07, 6.45) is 4.76. The fourth-order valence-corrected chi connectivity index (χ4v) is 2.09. The summed E-state index contributed by atoms with van der Waals surface area (Å²) in [5, 5.41) is 12.0. The molecule has 0 aliphatic rings. The molecule has 3 nitrogen and oxygen atoms in total. The molecule has 0 saturated carbocycles. The van der Waals surface area contributed by atoms with Crippen molar-refractivity contribution in [1.29, 1.82) is 5.26 Å². The van der Waals surface area contributed by atoms with Crippen LogP contribution in [0, 0.1) is 23.0 Å². The molecular formula is C22H28F3N3. The number of nitriles is 1. The predicted molar refractivity (Wildman–Crippen MR) is 109 cm³/mol. The lowest BCUT2D eigenvalue weighted by atomic mass is 10.1. The Balaban J connectivity index is 0.00000227. The normalized spacial score (nSPS) is 13.5. The zero-order chi connectivity index (χ0) is 21.7. The maximum absolute atomic E-state index is 14.0. The van der Waals surface area contributed by atoms with Crippen molar-refractivity contribution in [1.82, 2.24) is 5.32 Å². The number of hydrogen-bond donors (Lipinski definition) is 1. The largest absolute Gasteiger partial charge is 0.377 e. The quantitative estimate of drug-likeness (QED) is 0.416. The van der Waals surface area contributed by atoms with Crippen molar-refractivity contribution in [2.75, 3.05) is 0 Å². The van der Waals surface area contributed by atoms with Crippen LogP contribution in [-0.2, 0) is 0 Å². The summed E-state index contributed by atoms with van der Waals surface area (Å²) in [6, 6.07) is 4.94. The van der Waals surface area contributed by atoms with E-state index in [1.165, 1.54) is 25.5 Å². The zero-order valence-electron chi connectivity index (χ0n) is 17.1. The second kappa shape index (κ2) is 13.4. The van der Waals surface area contributed by atoms with Crippen LogP contribution >= 0.6 is 0 Å². The highest BCUT2D eigenvalue weighted by atomic mass is 19.2. The molecule has 1 aromatic rings. The van der Waals surface area contributed by atoms with Gasteiger partial charge < -0.3 is 5.32 Å². The molecule has 1 rings (SSSR count). The molecule has 1 unspecified atom stereocenters. The Morgan fingerprint density at radius 1 is 1.29 bits per heavy atom. The van der Waals surface area contributed by atoms with Crippen molar-refractivity contribution in [2.45, 2.75) is 53.5 Å². The summed E-state index contributed by atoms with van der Waals surface area (Å²) in [5.74, 6) is -2.48. The van der Waals surface area contributed by atoms with Gasteiger partial charge in [-0.25, -0.2) is 18.2 Å². The molecule has 0 aliphatic heterocycles. The molecule has 0 heterocycles. The molecule has 0 bridgehead atoms. The summed E-state index contributed by atoms with van der Waals surface area (Å²) in [5.41, 5.74) is 0.781. The molecule has 0 amide bonds. The molecule has 1 aromatic carbocycles. The monoisotopic (exact) mass is 391 g/mol. The Hall–Kier alpha value is -2.81. The first-order valence-corrected chi connectivity index (χ1v) is 9.15. The van der Waals surface area contributed by atoms with Gasteiger partial charge in [0.15, 0.2) is 11.6 Å². The fourth-order valence-electron chi connectivity index (χ4n) is 2.09. The van der Waals surface area contributed by atoms with Gasteiger partial charge in [-0.05, 0) is 44.0 Å². The van der Waals surface area contributed by atoms with E-state index in [1.807, 2.05) is 13.0 Å². The van der Waals surface area contributed by atoms with Gasteiger partial charge in [-0.15, -0.1) is 0 Å². The Labute approximate surface area is 166 Å². The third-order valence-corrected chi connectivity index (χ3v) is 3.35. The van der Waals surface area contributed by atoms with Crippen LogP contribution < -0.4 is 5.32 Å². The fraction of sp³-hybridized carbons (Fsp3) is 0.364. The molecule has 0 aliphatic carbocycles. The highest BCUT2D eigenvalue weighted by Crippen LogP contribution is 2.22. The van der Waals surface area contributed by atoms with Crippen molar-refractivity contribution in [3.8, 4) is 6.07 Å². The van der Waals surface area contributed by atoms with Crippen LogP contribution in [0.3, 0.4) is 0 Å². The van der Waals surface area contributed by atoms with Gasteiger partial charge in [0.25, 0.3) is 0 Å². The molecule has 1 N–H and O–H groups in total. The summed E-state index contributed by atoms with van der Waals surface area (Å²) >= 11 is 0. The maximum Gasteiger partial charge on any atom is 0.159 e. The minimum absolute atomic E-state index is 0.0312. The van der Waals surface area contributed by atoms with E-state index in [1.54, 1.807) is 13.0 Å². The van der Waals surface area contributed by atoms with Crippen LogP contribution in [0.25, 0.3) is 0 Å². The van der Waals surface area contributed by atoms with E-state index in [2.05, 4.69) is 30.7 Å². The number of aliphatic imine (C=N–C) groups is 1. The SMILES string of the molecule is C=CC(C#N)=NC(/C(=C\CC)NC(C)c1ccc(F)c(F)c1)=C(\C)F.CCC. The van der Waals surface area contributed by atoms with Crippen molar-refractivity contribution < 1.29 is 13.2 Å². The van der Waals surface area contributed by atoms with Gasteiger partial charge in [0.2, 0.25) is 0 Å². The molecular weight excluding hydrogens is 363 g/mol. The summed E-state index contributed by atoms with van der Waals surface area (Å²) in [4.78, 5) is 3.99. The van der Waals surface area contributed by atoms with E-state index >= 15 is 0 Å². The predicted octanol–water partition coefficient (Wildman–Crippen LogP) is 6.68. The van der Waals surface area contributed by atoms with Gasteiger partial charge in [0, 0.05) is 6.04 Å². The lowest BCUT2D eigenvalue weighted by molar-refractivity contribution is 0.504. The summed E-state index contributed by atoms with van der Waals surface area (Å²) in [7, 11) is 0. The average Bonchev–Trinajstić information content (AvgIpc) is 2.65. The first-order chi connectivity index (χ1) is 13.2. The van der Waals surface area contributed by atoms with Crippen LogP contribution in [0.15, 0.2) is 59.1 Å². The number of hydrogen-bond acceptors (Lipinski definition) is 3. The smallest absolute Gasteiger partial charge is 0.159 e. The van der Waals surface area contributed by atoms with Crippen LogP contribution in [0.5, 0.6) is 0 Å². The Morgan fingerprint density at radius 3 is 2.32 bits per heavy atom. The topological polar surface area (TPSA) is 48.2 Å². The Bertz CT molecular complexity index is 783. The maximum atomic E-state index is 14.0. The molecule has 0 spiro atoms. The van der Waals surface area contributed by atoms with Crippen molar-refractivity contribution in [2.24, 2.45) is 4.99 Å². The summed E-state index contributed by atoms with van der Waals surface area (Å²) in [6.45, 7) is 12.5. The number of benzene rings is 1. The molecule has 0 aromatic heterocycles. The Morgan fingerprint density at radius 2 is 1.89 bits per heavy atom. The van der Waals surface area contributed by atoms with E-state index < -0.39 is 23.5 Å². The van der Waals surface area contributed by atoms with E-state index in [-0.39, 0.29) is 11.4 Å². The number of rotatable bonds is 7. The van der Waals surface area contributed by atoms with Gasteiger partial charge in [-0.2, -0.15) is 5.26 Å². The van der Waals surface area contributed by atoms with E-state index in [4.69, 9.17) is 5.26 Å². The van der Waals surface area contributed by atoms with Gasteiger partial charge in [-0.3, -0.25) is 0 Å². The minimum atomic E-state index is -0.957. The highest BCUT2D eigenvalue weighted by molar-refractivity contribution is 6.07. The van der Waals surface area contributed by atoms with Crippen LogP contribution in [0.4, 0.5) is 13.2 Å². The lowest BCUT2D eigenvalue weighted by Crippen LogP contribution is -2.20. The van der Waals surface area contributed by atoms with Crippen molar-refractivity contribution in [3.63, 3.8) is 0 Å². The van der Waals surface area contributed by atoms with Gasteiger partial charge in [0.05, 0.1) is 5.70 Å². The molecule has 1 atom stereocenters. The van der Waals surface area contributed by atoms with Crippen molar-refractivity contribution in [3.05, 3.63) is 71.3 Å². The first-order valence-electron chi connectivity index (χ1n) is 9.15. The van der Waals surface area contributed by atoms with Gasteiger partial charge in [0.1, 0.15) is 23.3 Å². The second-order valence-corrected chi connectivity index (χ2v) is 5.97. The number of nitrogens with one attached hydrogen (secondary N) is 1. The molecule has 0 fully saturated rings. The van der Waals surface area contributed by atoms with Crippen molar-refractivity contribution >= 4 is 5.71 Å². The second-order valence-electron chi connectivity index (χ2n) is 5.97. The van der Waals surface area contributed by atoms with Crippen LogP contribution in [-0.4, -0.2) is 5.71 Å². The van der Waals surface area contributed by atoms with Gasteiger partial charge >= 0.3 is 0 Å². The number of halogens is 3. The average molecular weight is 391 g/mol. The zero-order valence-corrected chi connectivity index (χ0v) is 17.1. The minimum Gasteiger partial charge on any atom is -0.377 e. The molecule has 152 valence electrons. The molecule has 0 radical (unpaired) electrons. The van der Waals surface area contributed by atoms with E-state index in [0.29, 0.717) is 17.7 Å². The molecule has 0 saturated heterocycles. The summed E-state index contributed by atoms with van der Waals surface area (Å²) < 4.78 is 40.5. The highest BCUT2D eigenvalue weighted by Gasteiger charge is 2.15. The van der Waals surface area contributed by atoms with Crippen LogP contribution in [0.2, 0.25) is 0 Å². The van der Waals surface area contributed by atoms with E-state index in [0.717, 1.165) is 12.1 Å². The first kappa shape index (κ1) is 25.2. The third-order valence-electron chi connectivity index (χ3n) is 3.35. The lowest BCUT2D eigenvalue weighted by Gasteiger charge is -2.19. The number of nitrogens with zero attached hydrogens (tertiary/aromatic N) is 2. The number of allylic oxidation sites excluding steroid dienone is 3. The third kappa shape index (κ3) is 8.26. The molecule has 6 heteroatoms. The Kier molecular flexibility index (Phi) is 12.0. The standard InChI is InChI=1S/C19H20F3N3.C3H8/c1-5-7-18(19(12(3)20)25-15(6-2)11-23)24-13(4)14-8-9-16(21)17(22)10-14;1-3-2/h6-10,13,24H,2,5H2,1,3-4H3;3H2,1-2H3/b18-7+,19-12+,25-15?;. The van der Waals surface area contributed by atoms with E-state index in [9.17, 15) is 13.2 Å². The van der Waals surface area contributed by atoms with Crippen LogP contribution in [0.1, 0.15) is 59.1 Å². The molecule has 28 heavy (non-hydrogen) atoms.